The van der Waals surface area contributed by atoms with Gasteiger partial charge >= 0.3 is 0 Å². The summed E-state index contributed by atoms with van der Waals surface area (Å²) in [4.78, 5) is 0. The number of rotatable bonds is 6. The van der Waals surface area contributed by atoms with Gasteiger partial charge in [-0.25, -0.2) is 0 Å². The molecule has 17 heavy (non-hydrogen) atoms. The van der Waals surface area contributed by atoms with Gasteiger partial charge in [-0.05, 0) is 45.0 Å². The van der Waals surface area contributed by atoms with Crippen LogP contribution in [-0.2, 0) is 4.74 Å². The summed E-state index contributed by atoms with van der Waals surface area (Å²) in [6.45, 7) is 7.04. The fourth-order valence-electron chi connectivity index (χ4n) is 2.20. The lowest BCUT2D eigenvalue weighted by Gasteiger charge is -2.37. The maximum atomic E-state index is 5.92. The van der Waals surface area contributed by atoms with Crippen LogP contribution in [0.2, 0.25) is 5.02 Å². The Hall–Kier alpha value is -0.570. The van der Waals surface area contributed by atoms with Crippen LogP contribution in [-0.4, -0.2) is 19.3 Å². The molecule has 0 amide bonds. The van der Waals surface area contributed by atoms with E-state index in [1.807, 2.05) is 26.1 Å². The molecule has 0 fully saturated rings. The van der Waals surface area contributed by atoms with E-state index in [0.717, 1.165) is 18.1 Å². The van der Waals surface area contributed by atoms with E-state index >= 15 is 0 Å². The minimum Gasteiger partial charge on any atom is -0.374 e. The van der Waals surface area contributed by atoms with Gasteiger partial charge in [-0.3, -0.25) is 0 Å². The molecule has 1 N–H and O–H groups in total. The number of likely N-dealkylation sites (N-methyl/N-ethyl adjacent to an activating group) is 1. The summed E-state index contributed by atoms with van der Waals surface area (Å²) in [5.41, 5.74) is 1.01. The quantitative estimate of drug-likeness (QED) is 0.835. The molecule has 1 aromatic rings. The third kappa shape index (κ3) is 3.44. The zero-order valence-electron chi connectivity index (χ0n) is 11.1. The number of halogens is 1. The molecule has 0 heterocycles. The number of ether oxygens (including phenoxy) is 1. The monoisotopic (exact) mass is 255 g/mol. The molecule has 2 atom stereocenters. The van der Waals surface area contributed by atoms with Crippen molar-refractivity contribution >= 4 is 11.6 Å². The van der Waals surface area contributed by atoms with Gasteiger partial charge in [-0.2, -0.15) is 0 Å². The van der Waals surface area contributed by atoms with Crippen LogP contribution in [0.15, 0.2) is 24.3 Å². The fourth-order valence-corrected chi connectivity index (χ4v) is 2.33. The SMILES string of the molecule is CCOC(C)(CC)C(NC)c1ccc(Cl)cc1. The Balaban J connectivity index is 3.00. The van der Waals surface area contributed by atoms with Gasteiger partial charge in [0.1, 0.15) is 0 Å². The minimum atomic E-state index is -0.197. The second-order valence-corrected chi connectivity index (χ2v) is 4.81. The number of hydrogen-bond donors (Lipinski definition) is 1. The Labute approximate surface area is 109 Å². The summed E-state index contributed by atoms with van der Waals surface area (Å²) in [6, 6.07) is 8.11. The standard InChI is InChI=1S/C14H22ClNO/c1-5-14(3,17-6-2)13(16-4)11-7-9-12(15)10-8-11/h7-10,13,16H,5-6H2,1-4H3. The maximum Gasteiger partial charge on any atom is 0.0845 e. The summed E-state index contributed by atoms with van der Waals surface area (Å²) in [5, 5.41) is 4.11. The van der Waals surface area contributed by atoms with Gasteiger partial charge in [0.2, 0.25) is 0 Å². The molecule has 2 nitrogen and oxygen atoms in total. The molecule has 0 bridgehead atoms. The van der Waals surface area contributed by atoms with E-state index in [2.05, 4.69) is 31.3 Å². The van der Waals surface area contributed by atoms with Crippen molar-refractivity contribution in [3.63, 3.8) is 0 Å². The van der Waals surface area contributed by atoms with E-state index in [1.54, 1.807) is 0 Å². The Morgan fingerprint density at radius 1 is 1.29 bits per heavy atom. The summed E-state index contributed by atoms with van der Waals surface area (Å²) >= 11 is 5.92. The number of hydrogen-bond acceptors (Lipinski definition) is 2. The molecule has 1 aromatic carbocycles. The molecular weight excluding hydrogens is 234 g/mol. The van der Waals surface area contributed by atoms with E-state index in [0.29, 0.717) is 0 Å². The predicted octanol–water partition coefficient (Wildman–Crippen LogP) is 3.81. The lowest BCUT2D eigenvalue weighted by molar-refractivity contribution is -0.0546. The minimum absolute atomic E-state index is 0.171. The van der Waals surface area contributed by atoms with E-state index in [1.165, 1.54) is 5.56 Å². The van der Waals surface area contributed by atoms with Gasteiger partial charge in [0.05, 0.1) is 11.6 Å². The fraction of sp³-hybridized carbons (Fsp3) is 0.571. The van der Waals surface area contributed by atoms with Crippen LogP contribution in [0.3, 0.4) is 0 Å². The predicted molar refractivity (Wildman–Crippen MR) is 73.6 cm³/mol. The van der Waals surface area contributed by atoms with Crippen LogP contribution in [0.25, 0.3) is 0 Å². The van der Waals surface area contributed by atoms with Crippen molar-refractivity contribution in [3.05, 3.63) is 34.9 Å². The molecule has 0 aliphatic rings. The largest absolute Gasteiger partial charge is 0.374 e. The molecule has 0 spiro atoms. The van der Waals surface area contributed by atoms with E-state index < -0.39 is 0 Å². The van der Waals surface area contributed by atoms with Crippen LogP contribution < -0.4 is 5.32 Å². The number of nitrogens with one attached hydrogen (secondary N) is 1. The average molecular weight is 256 g/mol. The molecule has 96 valence electrons. The number of benzene rings is 1. The molecule has 2 unspecified atom stereocenters. The van der Waals surface area contributed by atoms with Crippen LogP contribution >= 0.6 is 11.6 Å². The Kier molecular flexibility index (Phi) is 5.44. The second kappa shape index (κ2) is 6.39. The van der Waals surface area contributed by atoms with Gasteiger partial charge < -0.3 is 10.1 Å². The van der Waals surface area contributed by atoms with Gasteiger partial charge in [0, 0.05) is 11.6 Å². The van der Waals surface area contributed by atoms with Crippen LogP contribution in [0.5, 0.6) is 0 Å². The molecule has 1 rings (SSSR count). The zero-order chi connectivity index (χ0) is 12.9. The van der Waals surface area contributed by atoms with Crippen LogP contribution in [0, 0.1) is 0 Å². The molecule has 0 aliphatic heterocycles. The summed E-state index contributed by atoms with van der Waals surface area (Å²) < 4.78 is 5.92. The van der Waals surface area contributed by atoms with Crippen molar-refractivity contribution in [2.75, 3.05) is 13.7 Å². The lowest BCUT2D eigenvalue weighted by Crippen LogP contribution is -2.42. The van der Waals surface area contributed by atoms with Gasteiger partial charge in [0.25, 0.3) is 0 Å². The first-order chi connectivity index (χ1) is 8.07. The maximum absolute atomic E-state index is 5.92. The normalized spacial score (nSPS) is 16.5. The second-order valence-electron chi connectivity index (χ2n) is 4.37. The summed E-state index contributed by atoms with van der Waals surface area (Å²) in [5.74, 6) is 0. The van der Waals surface area contributed by atoms with Gasteiger partial charge in [0.15, 0.2) is 0 Å². The Bertz CT molecular complexity index is 339. The van der Waals surface area contributed by atoms with Gasteiger partial charge in [-0.1, -0.05) is 30.7 Å². The Morgan fingerprint density at radius 3 is 2.29 bits per heavy atom. The highest BCUT2D eigenvalue weighted by Crippen LogP contribution is 2.32. The van der Waals surface area contributed by atoms with Crippen molar-refractivity contribution in [1.82, 2.24) is 5.32 Å². The third-order valence-electron chi connectivity index (χ3n) is 3.28. The van der Waals surface area contributed by atoms with Crippen molar-refractivity contribution in [2.45, 2.75) is 38.8 Å². The molecule has 0 aliphatic carbocycles. The molecule has 3 heteroatoms. The zero-order valence-corrected chi connectivity index (χ0v) is 11.8. The first-order valence-corrected chi connectivity index (χ1v) is 6.51. The highest BCUT2D eigenvalue weighted by molar-refractivity contribution is 6.30. The van der Waals surface area contributed by atoms with Crippen LogP contribution in [0.1, 0.15) is 38.8 Å². The van der Waals surface area contributed by atoms with Crippen molar-refractivity contribution in [1.29, 1.82) is 0 Å². The van der Waals surface area contributed by atoms with Crippen molar-refractivity contribution in [3.8, 4) is 0 Å². The van der Waals surface area contributed by atoms with Crippen molar-refractivity contribution < 1.29 is 4.74 Å². The molecule has 0 saturated heterocycles. The Morgan fingerprint density at radius 2 is 1.88 bits per heavy atom. The average Bonchev–Trinajstić information content (AvgIpc) is 2.33. The molecule has 0 aromatic heterocycles. The highest BCUT2D eigenvalue weighted by Gasteiger charge is 2.33. The first kappa shape index (κ1) is 14.5. The van der Waals surface area contributed by atoms with E-state index in [4.69, 9.17) is 16.3 Å². The van der Waals surface area contributed by atoms with Crippen LogP contribution in [0.4, 0.5) is 0 Å². The topological polar surface area (TPSA) is 21.3 Å². The third-order valence-corrected chi connectivity index (χ3v) is 3.53. The molecule has 0 saturated carbocycles. The first-order valence-electron chi connectivity index (χ1n) is 6.14. The van der Waals surface area contributed by atoms with Gasteiger partial charge in [-0.15, -0.1) is 0 Å². The summed E-state index contributed by atoms with van der Waals surface area (Å²) in [6.07, 6.45) is 0.953. The molecule has 0 radical (unpaired) electrons. The lowest BCUT2D eigenvalue weighted by atomic mass is 9.87. The highest BCUT2D eigenvalue weighted by atomic mass is 35.5. The smallest absolute Gasteiger partial charge is 0.0845 e. The summed E-state index contributed by atoms with van der Waals surface area (Å²) in [7, 11) is 1.96. The van der Waals surface area contributed by atoms with E-state index in [-0.39, 0.29) is 11.6 Å². The molecular formula is C14H22ClNO. The van der Waals surface area contributed by atoms with E-state index in [9.17, 15) is 0 Å². The van der Waals surface area contributed by atoms with Crippen molar-refractivity contribution in [2.24, 2.45) is 0 Å².